The summed E-state index contributed by atoms with van der Waals surface area (Å²) < 4.78 is 13.4. The molecule has 1 N–H and O–H groups in total. The van der Waals surface area contributed by atoms with Gasteiger partial charge in [-0.2, -0.15) is 0 Å². The van der Waals surface area contributed by atoms with Crippen molar-refractivity contribution in [3.63, 3.8) is 0 Å². The Morgan fingerprint density at radius 2 is 1.91 bits per heavy atom. The largest absolute Gasteiger partial charge is 0.471 e. The van der Waals surface area contributed by atoms with Gasteiger partial charge in [0.15, 0.2) is 0 Å². The number of para-hydroxylation sites is 2. The van der Waals surface area contributed by atoms with Gasteiger partial charge in [0, 0.05) is 50.7 Å². The van der Waals surface area contributed by atoms with Crippen molar-refractivity contribution >= 4 is 16.6 Å². The van der Waals surface area contributed by atoms with Crippen LogP contribution >= 0.6 is 0 Å². The summed E-state index contributed by atoms with van der Waals surface area (Å²) in [4.78, 5) is 31.3. The maximum Gasteiger partial charge on any atom is 0.274 e. The molecule has 1 aromatic carbocycles. The smallest absolute Gasteiger partial charge is 0.274 e. The topological polar surface area (TPSA) is 97.6 Å². The van der Waals surface area contributed by atoms with Gasteiger partial charge in [-0.3, -0.25) is 14.1 Å². The average molecular weight is 432 g/mol. The molecule has 2 fully saturated rings. The first-order valence-corrected chi connectivity index (χ1v) is 11.0. The first-order valence-electron chi connectivity index (χ1n) is 11.0. The molecule has 0 amide bonds. The van der Waals surface area contributed by atoms with Gasteiger partial charge < -0.3 is 14.5 Å². The molecule has 2 aliphatic rings. The number of imidazole rings is 1. The van der Waals surface area contributed by atoms with E-state index >= 15 is 0 Å². The Balaban J connectivity index is 1.13. The number of fused-ring (bicyclic) bond motifs is 2. The number of rotatable bonds is 5. The van der Waals surface area contributed by atoms with Crippen molar-refractivity contribution in [1.29, 1.82) is 0 Å². The molecule has 164 valence electrons. The highest BCUT2D eigenvalue weighted by atomic mass is 16.5. The van der Waals surface area contributed by atoms with E-state index in [0.717, 1.165) is 61.7 Å². The molecule has 9 nitrogen and oxygen atoms in total. The highest BCUT2D eigenvalue weighted by Gasteiger charge is 2.29. The molecule has 0 saturated carbocycles. The standard InChI is InChI=1S/C23H24N6O3/c30-23-20-9-25-22(15-5-7-31-8-6-15)29(20)12-16(26-23)11-28-13-17(14-28)32-21-10-24-18-3-1-2-4-19(18)27-21/h1-4,9-10,12,15,17H,5-8,11,13-14H2,(H,26,30). The van der Waals surface area contributed by atoms with E-state index in [9.17, 15) is 4.79 Å². The Kier molecular flexibility index (Phi) is 4.84. The minimum atomic E-state index is -0.104. The normalized spacial score (nSPS) is 18.2. The molecule has 0 unspecified atom stereocenters. The van der Waals surface area contributed by atoms with Crippen LogP contribution in [0.25, 0.3) is 16.6 Å². The van der Waals surface area contributed by atoms with Crippen molar-refractivity contribution in [2.45, 2.75) is 31.4 Å². The first-order chi connectivity index (χ1) is 15.7. The lowest BCUT2D eigenvalue weighted by Crippen LogP contribution is -2.53. The molecule has 5 heterocycles. The molecule has 6 rings (SSSR count). The van der Waals surface area contributed by atoms with Crippen LogP contribution in [0.15, 0.2) is 47.7 Å². The Hall–Kier alpha value is -3.30. The fourth-order valence-electron chi connectivity index (χ4n) is 4.55. The fraction of sp³-hybridized carbons (Fsp3) is 0.391. The van der Waals surface area contributed by atoms with Crippen LogP contribution < -0.4 is 10.3 Å². The number of H-pyrrole nitrogens is 1. The maximum absolute atomic E-state index is 12.6. The number of hydrogen-bond acceptors (Lipinski definition) is 7. The zero-order chi connectivity index (χ0) is 21.5. The molecule has 0 spiro atoms. The van der Waals surface area contributed by atoms with Gasteiger partial charge in [0.2, 0.25) is 5.88 Å². The van der Waals surface area contributed by atoms with Gasteiger partial charge in [-0.25, -0.2) is 15.0 Å². The highest BCUT2D eigenvalue weighted by molar-refractivity contribution is 5.73. The van der Waals surface area contributed by atoms with Gasteiger partial charge in [0.25, 0.3) is 5.56 Å². The minimum Gasteiger partial charge on any atom is -0.471 e. The van der Waals surface area contributed by atoms with Crippen LogP contribution in [0.3, 0.4) is 0 Å². The van der Waals surface area contributed by atoms with E-state index in [0.29, 0.717) is 23.9 Å². The van der Waals surface area contributed by atoms with Crippen molar-refractivity contribution in [2.24, 2.45) is 0 Å². The van der Waals surface area contributed by atoms with Gasteiger partial charge in [0.1, 0.15) is 17.4 Å². The average Bonchev–Trinajstić information content (AvgIpc) is 3.23. The number of nitrogens with one attached hydrogen (secondary N) is 1. The van der Waals surface area contributed by atoms with E-state index in [1.54, 1.807) is 12.4 Å². The van der Waals surface area contributed by atoms with Crippen molar-refractivity contribution in [3.05, 3.63) is 64.7 Å². The van der Waals surface area contributed by atoms with Crippen molar-refractivity contribution in [3.8, 4) is 5.88 Å². The predicted molar refractivity (Wildman–Crippen MR) is 118 cm³/mol. The van der Waals surface area contributed by atoms with E-state index in [4.69, 9.17) is 9.47 Å². The van der Waals surface area contributed by atoms with Crippen LogP contribution in [0.5, 0.6) is 5.88 Å². The lowest BCUT2D eigenvalue weighted by molar-refractivity contribution is 0.0110. The number of benzene rings is 1. The summed E-state index contributed by atoms with van der Waals surface area (Å²) in [5.41, 5.74) is 3.04. The second kappa shape index (κ2) is 7.99. The summed E-state index contributed by atoms with van der Waals surface area (Å²) in [7, 11) is 0. The van der Waals surface area contributed by atoms with Gasteiger partial charge in [-0.1, -0.05) is 12.1 Å². The van der Waals surface area contributed by atoms with E-state index in [-0.39, 0.29) is 11.7 Å². The zero-order valence-electron chi connectivity index (χ0n) is 17.6. The Morgan fingerprint density at radius 3 is 2.75 bits per heavy atom. The molecule has 4 aromatic rings. The monoisotopic (exact) mass is 432 g/mol. The van der Waals surface area contributed by atoms with Gasteiger partial charge in [-0.15, -0.1) is 0 Å². The molecule has 3 aromatic heterocycles. The maximum atomic E-state index is 12.6. The van der Waals surface area contributed by atoms with Gasteiger partial charge in [-0.05, 0) is 25.0 Å². The van der Waals surface area contributed by atoms with Crippen molar-refractivity contribution < 1.29 is 9.47 Å². The van der Waals surface area contributed by atoms with Gasteiger partial charge >= 0.3 is 0 Å². The third kappa shape index (κ3) is 3.63. The number of likely N-dealkylation sites (tertiary alicyclic amines) is 1. The number of aromatic nitrogens is 5. The second-order valence-corrected chi connectivity index (χ2v) is 8.50. The summed E-state index contributed by atoms with van der Waals surface area (Å²) in [6.45, 7) is 3.68. The fourth-order valence-corrected chi connectivity index (χ4v) is 4.55. The van der Waals surface area contributed by atoms with Crippen LogP contribution in [-0.4, -0.2) is 61.6 Å². The lowest BCUT2D eigenvalue weighted by atomic mass is 10.00. The summed E-state index contributed by atoms with van der Waals surface area (Å²) >= 11 is 0. The van der Waals surface area contributed by atoms with Crippen molar-refractivity contribution in [1.82, 2.24) is 29.2 Å². The summed E-state index contributed by atoms with van der Waals surface area (Å²) in [5.74, 6) is 1.82. The summed E-state index contributed by atoms with van der Waals surface area (Å²) in [6.07, 6.45) is 7.29. The van der Waals surface area contributed by atoms with Crippen LogP contribution in [0.1, 0.15) is 30.3 Å². The Morgan fingerprint density at radius 1 is 1.09 bits per heavy atom. The molecular formula is C23H24N6O3. The molecule has 0 aliphatic carbocycles. The Labute approximate surface area is 184 Å². The molecule has 0 radical (unpaired) electrons. The molecule has 0 bridgehead atoms. The SMILES string of the molecule is O=c1[nH]c(CN2CC(Oc3cnc4ccccc4n3)C2)cn2c(C3CCOCC3)ncc12. The number of hydrogen-bond donors (Lipinski definition) is 1. The highest BCUT2D eigenvalue weighted by Crippen LogP contribution is 2.26. The molecule has 32 heavy (non-hydrogen) atoms. The number of nitrogens with zero attached hydrogens (tertiary/aromatic N) is 5. The quantitative estimate of drug-likeness (QED) is 0.516. The third-order valence-corrected chi connectivity index (χ3v) is 6.24. The van der Waals surface area contributed by atoms with E-state index < -0.39 is 0 Å². The number of ether oxygens (including phenoxy) is 2. The minimum absolute atomic E-state index is 0.0620. The van der Waals surface area contributed by atoms with Crippen LogP contribution in [0.4, 0.5) is 0 Å². The molecule has 2 aliphatic heterocycles. The zero-order valence-corrected chi connectivity index (χ0v) is 17.6. The Bertz CT molecular complexity index is 1320. The molecule has 0 atom stereocenters. The second-order valence-electron chi connectivity index (χ2n) is 8.50. The lowest BCUT2D eigenvalue weighted by Gasteiger charge is -2.38. The van der Waals surface area contributed by atoms with Crippen molar-refractivity contribution in [2.75, 3.05) is 26.3 Å². The van der Waals surface area contributed by atoms with E-state index in [2.05, 4.69) is 24.8 Å². The summed E-state index contributed by atoms with van der Waals surface area (Å²) in [5, 5.41) is 0. The molecular weight excluding hydrogens is 408 g/mol. The number of aromatic amines is 1. The third-order valence-electron chi connectivity index (χ3n) is 6.24. The van der Waals surface area contributed by atoms with E-state index in [1.165, 1.54) is 0 Å². The van der Waals surface area contributed by atoms with E-state index in [1.807, 2.05) is 34.9 Å². The van der Waals surface area contributed by atoms with Crippen LogP contribution in [0.2, 0.25) is 0 Å². The van der Waals surface area contributed by atoms with Crippen LogP contribution in [0, 0.1) is 0 Å². The molecule has 9 heteroatoms. The predicted octanol–water partition coefficient (Wildman–Crippen LogP) is 2.12. The van der Waals surface area contributed by atoms with Crippen LogP contribution in [-0.2, 0) is 11.3 Å². The summed E-state index contributed by atoms with van der Waals surface area (Å²) in [6, 6.07) is 7.75. The molecule has 2 saturated heterocycles. The van der Waals surface area contributed by atoms with Gasteiger partial charge in [0.05, 0.1) is 23.4 Å². The first kappa shape index (κ1) is 19.4.